The first-order valence-corrected chi connectivity index (χ1v) is 21.4. The number of aromatic hydroxyl groups is 1. The topological polar surface area (TPSA) is 94.6 Å². The van der Waals surface area contributed by atoms with Crippen molar-refractivity contribution >= 4 is 57.6 Å². The number of phenols is 1. The van der Waals surface area contributed by atoms with Crippen molar-refractivity contribution in [2.45, 2.75) is 74.0 Å². The van der Waals surface area contributed by atoms with E-state index in [0.717, 1.165) is 88.5 Å². The van der Waals surface area contributed by atoms with Crippen molar-refractivity contribution < 1.29 is 24.2 Å². The number of likely N-dealkylation sites (N-methyl/N-ethyl adjacent to an activating group) is 1. The van der Waals surface area contributed by atoms with E-state index < -0.39 is 5.60 Å². The van der Waals surface area contributed by atoms with Crippen LogP contribution >= 0.6 is 35.1 Å². The highest BCUT2D eigenvalue weighted by molar-refractivity contribution is 8.15. The predicted molar refractivity (Wildman–Crippen MR) is 228 cm³/mol. The number of thioether (sulfide) groups is 1. The molecule has 0 bridgehead atoms. The zero-order valence-corrected chi connectivity index (χ0v) is 35.2. The van der Waals surface area contributed by atoms with Gasteiger partial charge in [-0.25, -0.2) is 0 Å². The molecule has 2 unspecified atom stereocenters. The standard InChI is InChI=1S/C24H27NO5S.C20H24ClN3S/c1-13-14(2)21-18(15(3)20(13)26)9-10-24(4,30-21)12-29-17-7-5-16(6-8-17)11-19-22(27)25-23(28)31-19;1-22-11-13-23(14-12-22)9-4-10-24-17-5-2-3-6-19(17)25-20-8-7-16(21)15-18(20)24/h5-8,19,26H,9-12H2,1-4H3,(H,25,27,28);2-3,5-8,15H,4,9-14H2,1H3. The van der Waals surface area contributed by atoms with Crippen molar-refractivity contribution in [3.63, 3.8) is 0 Å². The number of imide groups is 1. The van der Waals surface area contributed by atoms with Gasteiger partial charge in [-0.15, -0.1) is 0 Å². The number of piperazine rings is 1. The number of benzene rings is 4. The molecule has 8 rings (SSSR count). The number of para-hydroxylation sites is 1. The lowest BCUT2D eigenvalue weighted by molar-refractivity contribution is -0.118. The molecular formula is C44H51ClN4O5S2. The molecule has 56 heavy (non-hydrogen) atoms. The van der Waals surface area contributed by atoms with E-state index in [9.17, 15) is 14.7 Å². The maximum atomic E-state index is 11.7. The van der Waals surface area contributed by atoms with Crippen LogP contribution in [0.1, 0.15) is 47.6 Å². The van der Waals surface area contributed by atoms with Gasteiger partial charge in [0.15, 0.2) is 0 Å². The first-order valence-electron chi connectivity index (χ1n) is 19.4. The number of fused-ring (bicyclic) bond motifs is 3. The Kier molecular flexibility index (Phi) is 12.5. The Balaban J connectivity index is 0.000000175. The summed E-state index contributed by atoms with van der Waals surface area (Å²) in [6.45, 7) is 15.2. The molecular weight excluding hydrogens is 764 g/mol. The van der Waals surface area contributed by atoms with Crippen molar-refractivity contribution in [3.8, 4) is 17.2 Å². The van der Waals surface area contributed by atoms with Gasteiger partial charge in [0.05, 0.1) is 16.6 Å². The monoisotopic (exact) mass is 814 g/mol. The lowest BCUT2D eigenvalue weighted by Gasteiger charge is -2.37. The maximum absolute atomic E-state index is 11.7. The minimum atomic E-state index is -0.467. The molecule has 4 aliphatic heterocycles. The van der Waals surface area contributed by atoms with E-state index >= 15 is 0 Å². The molecule has 296 valence electrons. The molecule has 2 saturated heterocycles. The number of amides is 2. The average Bonchev–Trinajstić information content (AvgIpc) is 3.52. The van der Waals surface area contributed by atoms with Crippen LogP contribution in [0.15, 0.2) is 76.5 Å². The van der Waals surface area contributed by atoms with Gasteiger partial charge in [-0.1, -0.05) is 59.4 Å². The van der Waals surface area contributed by atoms with Gasteiger partial charge < -0.3 is 29.3 Å². The Hall–Kier alpha value is -3.87. The van der Waals surface area contributed by atoms with Crippen LogP contribution in [0.4, 0.5) is 16.2 Å². The Labute approximate surface area is 344 Å². The summed E-state index contributed by atoms with van der Waals surface area (Å²) in [7, 11) is 2.21. The van der Waals surface area contributed by atoms with E-state index in [1.807, 2.05) is 69.8 Å². The number of anilines is 2. The SMILES string of the molecule is CN1CCN(CCCN2c3ccccc3Sc3ccc(Cl)cc32)CC1.Cc1c(C)c2c(c(C)c1O)CCC(C)(COc1ccc(CC3SC(=O)NC3=O)cc1)O2. The van der Waals surface area contributed by atoms with Crippen molar-refractivity contribution in [2.24, 2.45) is 0 Å². The smallest absolute Gasteiger partial charge is 0.286 e. The lowest BCUT2D eigenvalue weighted by Crippen LogP contribution is -2.45. The Morgan fingerprint density at radius 1 is 0.929 bits per heavy atom. The second-order valence-electron chi connectivity index (χ2n) is 15.4. The summed E-state index contributed by atoms with van der Waals surface area (Å²) in [5.41, 5.74) is 6.86. The number of nitrogens with one attached hydrogen (secondary N) is 1. The van der Waals surface area contributed by atoms with Crippen molar-refractivity contribution in [2.75, 3.05) is 57.8 Å². The van der Waals surface area contributed by atoms with Crippen LogP contribution < -0.4 is 19.7 Å². The normalized spacial score (nSPS) is 20.6. The fourth-order valence-corrected chi connectivity index (χ4v) is 9.77. The third-order valence-electron chi connectivity index (χ3n) is 11.3. The van der Waals surface area contributed by atoms with Crippen molar-refractivity contribution in [1.82, 2.24) is 15.1 Å². The lowest BCUT2D eigenvalue weighted by atomic mass is 9.87. The van der Waals surface area contributed by atoms with Gasteiger partial charge in [0.2, 0.25) is 5.91 Å². The number of nitrogens with zero attached hydrogens (tertiary/aromatic N) is 3. The zero-order chi connectivity index (χ0) is 39.6. The van der Waals surface area contributed by atoms with Crippen LogP contribution in [0, 0.1) is 20.8 Å². The molecule has 4 heterocycles. The fourth-order valence-electron chi connectivity index (χ4n) is 7.66. The van der Waals surface area contributed by atoms with E-state index in [2.05, 4.69) is 63.5 Å². The van der Waals surface area contributed by atoms with E-state index in [4.69, 9.17) is 21.1 Å². The Morgan fingerprint density at radius 3 is 2.39 bits per heavy atom. The largest absolute Gasteiger partial charge is 0.507 e. The third-order valence-corrected chi connectivity index (χ3v) is 13.6. The molecule has 12 heteroatoms. The number of ether oxygens (including phenoxy) is 2. The van der Waals surface area contributed by atoms with Crippen LogP contribution in [0.25, 0.3) is 0 Å². The summed E-state index contributed by atoms with van der Waals surface area (Å²) < 4.78 is 12.4. The average molecular weight is 816 g/mol. The summed E-state index contributed by atoms with van der Waals surface area (Å²) in [5, 5.41) is 12.8. The van der Waals surface area contributed by atoms with Crippen LogP contribution in [0.3, 0.4) is 0 Å². The van der Waals surface area contributed by atoms with Crippen LogP contribution in [-0.2, 0) is 17.6 Å². The highest BCUT2D eigenvalue weighted by Gasteiger charge is 2.36. The molecule has 9 nitrogen and oxygen atoms in total. The molecule has 4 aliphatic rings. The van der Waals surface area contributed by atoms with Crippen LogP contribution in [0.5, 0.6) is 17.2 Å². The number of hydrogen-bond donors (Lipinski definition) is 2. The van der Waals surface area contributed by atoms with Gasteiger partial charge in [-0.05, 0) is 132 Å². The number of carbonyl (C=O) groups excluding carboxylic acids is 2. The van der Waals surface area contributed by atoms with Gasteiger partial charge in [-0.3, -0.25) is 14.9 Å². The first kappa shape index (κ1) is 40.3. The van der Waals surface area contributed by atoms with E-state index in [1.54, 1.807) is 0 Å². The minimum absolute atomic E-state index is 0.230. The number of hydrogen-bond acceptors (Lipinski definition) is 10. The van der Waals surface area contributed by atoms with Gasteiger partial charge in [0.1, 0.15) is 29.5 Å². The van der Waals surface area contributed by atoms with Gasteiger partial charge in [0.25, 0.3) is 5.24 Å². The quantitative estimate of drug-likeness (QED) is 0.171. The summed E-state index contributed by atoms with van der Waals surface area (Å²) >= 11 is 9.17. The molecule has 0 spiro atoms. The third kappa shape index (κ3) is 9.13. The summed E-state index contributed by atoms with van der Waals surface area (Å²) in [6.07, 6.45) is 3.29. The maximum Gasteiger partial charge on any atom is 0.286 e. The highest BCUT2D eigenvalue weighted by atomic mass is 35.5. The molecule has 2 amide bonds. The summed E-state index contributed by atoms with van der Waals surface area (Å²) in [5.74, 6) is 1.72. The molecule has 0 radical (unpaired) electrons. The number of halogens is 1. The second-order valence-corrected chi connectivity index (χ2v) is 18.1. The van der Waals surface area contributed by atoms with Crippen LogP contribution in [0.2, 0.25) is 5.02 Å². The van der Waals surface area contributed by atoms with E-state index in [0.29, 0.717) is 18.8 Å². The summed E-state index contributed by atoms with van der Waals surface area (Å²) in [4.78, 5) is 33.1. The summed E-state index contributed by atoms with van der Waals surface area (Å²) in [6, 6.07) is 22.5. The van der Waals surface area contributed by atoms with Gasteiger partial charge >= 0.3 is 0 Å². The zero-order valence-electron chi connectivity index (χ0n) is 32.8. The first-order chi connectivity index (χ1) is 26.9. The minimum Gasteiger partial charge on any atom is -0.507 e. The van der Waals surface area contributed by atoms with Gasteiger partial charge in [-0.2, -0.15) is 0 Å². The number of carbonyl (C=O) groups is 2. The molecule has 4 aromatic carbocycles. The molecule has 0 saturated carbocycles. The van der Waals surface area contributed by atoms with E-state index in [1.165, 1.54) is 47.3 Å². The molecule has 2 atom stereocenters. The molecule has 0 aromatic heterocycles. The predicted octanol–water partition coefficient (Wildman–Crippen LogP) is 8.95. The number of rotatable bonds is 9. The van der Waals surface area contributed by atoms with Crippen LogP contribution in [-0.4, -0.2) is 89.8 Å². The van der Waals surface area contributed by atoms with Gasteiger partial charge in [0, 0.05) is 53.1 Å². The molecule has 4 aromatic rings. The molecule has 2 N–H and O–H groups in total. The molecule has 2 fully saturated rings. The highest BCUT2D eigenvalue weighted by Crippen LogP contribution is 2.49. The number of phenolic OH excluding ortho intramolecular Hbond substituents is 1. The van der Waals surface area contributed by atoms with Crippen molar-refractivity contribution in [3.05, 3.63) is 99.6 Å². The Bertz CT molecular complexity index is 2090. The Morgan fingerprint density at radius 2 is 1.66 bits per heavy atom. The molecule has 0 aliphatic carbocycles. The van der Waals surface area contributed by atoms with Crippen molar-refractivity contribution in [1.29, 1.82) is 0 Å². The van der Waals surface area contributed by atoms with E-state index in [-0.39, 0.29) is 16.4 Å². The second kappa shape index (κ2) is 17.3. The fraction of sp³-hybridized carbons (Fsp3) is 0.409.